The normalized spacial score (nSPS) is 15.7. The van der Waals surface area contributed by atoms with Crippen molar-refractivity contribution in [2.24, 2.45) is 5.92 Å². The number of aromatic nitrogens is 3. The molecule has 1 aromatic heterocycles. The molecular weight excluding hydrogens is 586 g/mol. The molecular formula is C35H39N5O6. The van der Waals surface area contributed by atoms with Crippen LogP contribution in [0.15, 0.2) is 83.9 Å². The molecule has 0 radical (unpaired) electrons. The predicted molar refractivity (Wildman–Crippen MR) is 172 cm³/mol. The number of benzene rings is 3. The second kappa shape index (κ2) is 13.9. The number of hydrogen-bond acceptors (Lipinski definition) is 8. The second-order valence-electron chi connectivity index (χ2n) is 11.7. The van der Waals surface area contributed by atoms with Gasteiger partial charge in [-0.05, 0) is 80.1 Å². The highest BCUT2D eigenvalue weighted by molar-refractivity contribution is 5.78. The SMILES string of the molecule is CCOC(=O)CC(NC(=O)CC1CCN(c2ccc(-n3cnn(C(C)c4ccccc4)c3=O)cc2)CC1)c1ccc2c(c1)OCO2. The molecule has 1 saturated heterocycles. The van der Waals surface area contributed by atoms with Crippen molar-refractivity contribution in [3.63, 3.8) is 0 Å². The molecule has 4 aromatic rings. The fraction of sp³-hybridized carbons (Fsp3) is 0.371. The molecule has 2 unspecified atom stereocenters. The van der Waals surface area contributed by atoms with Gasteiger partial charge in [-0.1, -0.05) is 36.4 Å². The summed E-state index contributed by atoms with van der Waals surface area (Å²) in [7, 11) is 0. The number of fused-ring (bicyclic) bond motifs is 1. The van der Waals surface area contributed by atoms with E-state index in [9.17, 15) is 14.4 Å². The third-order valence-corrected chi connectivity index (χ3v) is 8.73. The maximum absolute atomic E-state index is 13.2. The van der Waals surface area contributed by atoms with E-state index >= 15 is 0 Å². The molecule has 3 heterocycles. The number of hydrogen-bond donors (Lipinski definition) is 1. The number of ether oxygens (including phenoxy) is 3. The smallest absolute Gasteiger partial charge is 0.350 e. The van der Waals surface area contributed by atoms with Gasteiger partial charge in [-0.2, -0.15) is 5.10 Å². The molecule has 6 rings (SSSR count). The fourth-order valence-corrected chi connectivity index (χ4v) is 6.14. The fourth-order valence-electron chi connectivity index (χ4n) is 6.14. The molecule has 2 atom stereocenters. The average molecular weight is 626 g/mol. The summed E-state index contributed by atoms with van der Waals surface area (Å²) in [6.45, 7) is 5.79. The zero-order valence-electron chi connectivity index (χ0n) is 26.1. The quantitative estimate of drug-likeness (QED) is 0.237. The first-order valence-corrected chi connectivity index (χ1v) is 15.8. The lowest BCUT2D eigenvalue weighted by molar-refractivity contribution is -0.143. The molecule has 0 bridgehead atoms. The minimum absolute atomic E-state index is 0.0344. The van der Waals surface area contributed by atoms with E-state index in [0.717, 1.165) is 48.4 Å². The Kier molecular flexibility index (Phi) is 9.37. The summed E-state index contributed by atoms with van der Waals surface area (Å²) in [5.74, 6) is 1.00. The number of nitrogens with zero attached hydrogens (tertiary/aromatic N) is 4. The van der Waals surface area contributed by atoms with Gasteiger partial charge in [0.1, 0.15) is 6.33 Å². The van der Waals surface area contributed by atoms with Gasteiger partial charge >= 0.3 is 11.7 Å². The van der Waals surface area contributed by atoms with Crippen molar-refractivity contribution in [3.05, 3.63) is 101 Å². The van der Waals surface area contributed by atoms with Crippen LogP contribution in [-0.4, -0.2) is 52.7 Å². The molecule has 2 aliphatic rings. The van der Waals surface area contributed by atoms with Gasteiger partial charge in [0.15, 0.2) is 11.5 Å². The molecule has 0 aliphatic carbocycles. The molecule has 2 aliphatic heterocycles. The Bertz CT molecular complexity index is 1710. The third-order valence-electron chi connectivity index (χ3n) is 8.73. The van der Waals surface area contributed by atoms with Crippen molar-refractivity contribution in [3.8, 4) is 17.2 Å². The monoisotopic (exact) mass is 625 g/mol. The molecule has 1 N–H and O–H groups in total. The third kappa shape index (κ3) is 6.93. The number of anilines is 1. The van der Waals surface area contributed by atoms with Gasteiger partial charge < -0.3 is 24.4 Å². The molecule has 46 heavy (non-hydrogen) atoms. The first-order chi connectivity index (χ1) is 22.4. The molecule has 240 valence electrons. The van der Waals surface area contributed by atoms with E-state index in [1.165, 1.54) is 4.68 Å². The van der Waals surface area contributed by atoms with E-state index < -0.39 is 6.04 Å². The van der Waals surface area contributed by atoms with Crippen LogP contribution in [0.4, 0.5) is 5.69 Å². The van der Waals surface area contributed by atoms with E-state index in [2.05, 4.69) is 15.3 Å². The summed E-state index contributed by atoms with van der Waals surface area (Å²) >= 11 is 0. The summed E-state index contributed by atoms with van der Waals surface area (Å²) in [6.07, 6.45) is 3.71. The Balaban J connectivity index is 1.04. The highest BCUT2D eigenvalue weighted by atomic mass is 16.7. The molecule has 0 saturated carbocycles. The van der Waals surface area contributed by atoms with Crippen LogP contribution in [0.25, 0.3) is 5.69 Å². The van der Waals surface area contributed by atoms with Crippen LogP contribution in [0, 0.1) is 5.92 Å². The van der Waals surface area contributed by atoms with Gasteiger partial charge in [-0.25, -0.2) is 14.0 Å². The van der Waals surface area contributed by atoms with Crippen molar-refractivity contribution < 1.29 is 23.8 Å². The van der Waals surface area contributed by atoms with Crippen LogP contribution < -0.4 is 25.4 Å². The first kappa shape index (κ1) is 30.9. The number of carbonyl (C=O) groups is 2. The van der Waals surface area contributed by atoms with Crippen LogP contribution in [0.1, 0.15) is 62.7 Å². The van der Waals surface area contributed by atoms with Crippen molar-refractivity contribution >= 4 is 17.6 Å². The molecule has 1 fully saturated rings. The number of amides is 1. The van der Waals surface area contributed by atoms with Crippen LogP contribution in [0.5, 0.6) is 11.5 Å². The van der Waals surface area contributed by atoms with Crippen molar-refractivity contribution in [2.45, 2.75) is 51.6 Å². The average Bonchev–Trinajstić information content (AvgIpc) is 3.71. The standard InChI is InChI=1S/C35H39N5O6/c1-3-44-34(42)21-30(27-9-14-31-32(20-27)46-23-45-31)37-33(41)19-25-15-17-38(18-16-25)28-10-12-29(13-11-28)39-22-36-40(35(39)43)24(2)26-7-5-4-6-8-26/h4-14,20,22,24-25,30H,3,15-19,21,23H2,1-2H3,(H,37,41). The maximum atomic E-state index is 13.2. The van der Waals surface area contributed by atoms with Crippen LogP contribution in [-0.2, 0) is 14.3 Å². The highest BCUT2D eigenvalue weighted by Crippen LogP contribution is 2.35. The highest BCUT2D eigenvalue weighted by Gasteiger charge is 2.26. The van der Waals surface area contributed by atoms with Gasteiger partial charge in [0.2, 0.25) is 12.7 Å². The van der Waals surface area contributed by atoms with E-state index in [4.69, 9.17) is 14.2 Å². The second-order valence-corrected chi connectivity index (χ2v) is 11.7. The van der Waals surface area contributed by atoms with Crippen LogP contribution in [0.2, 0.25) is 0 Å². The zero-order valence-corrected chi connectivity index (χ0v) is 26.1. The zero-order chi connectivity index (χ0) is 32.0. The number of esters is 1. The van der Waals surface area contributed by atoms with Gasteiger partial charge in [0, 0.05) is 25.2 Å². The Morgan fingerprint density at radius 3 is 2.41 bits per heavy atom. The van der Waals surface area contributed by atoms with Crippen molar-refractivity contribution in [1.82, 2.24) is 19.7 Å². The molecule has 0 spiro atoms. The van der Waals surface area contributed by atoms with Crippen LogP contribution >= 0.6 is 0 Å². The molecule has 11 heteroatoms. The van der Waals surface area contributed by atoms with Crippen molar-refractivity contribution in [2.75, 3.05) is 31.4 Å². The minimum Gasteiger partial charge on any atom is -0.466 e. The van der Waals surface area contributed by atoms with E-state index in [-0.39, 0.29) is 49.3 Å². The number of nitrogens with one attached hydrogen (secondary N) is 1. The predicted octanol–water partition coefficient (Wildman–Crippen LogP) is 4.79. The molecule has 1 amide bonds. The number of piperidine rings is 1. The van der Waals surface area contributed by atoms with Crippen LogP contribution in [0.3, 0.4) is 0 Å². The Hall–Kier alpha value is -5.06. The molecule has 11 nitrogen and oxygen atoms in total. The van der Waals surface area contributed by atoms with Gasteiger partial charge in [-0.3, -0.25) is 9.59 Å². The number of rotatable bonds is 11. The van der Waals surface area contributed by atoms with E-state index in [1.807, 2.05) is 73.7 Å². The summed E-state index contributed by atoms with van der Waals surface area (Å²) in [4.78, 5) is 41.0. The Morgan fingerprint density at radius 1 is 0.957 bits per heavy atom. The minimum atomic E-state index is -0.527. The number of carbonyl (C=O) groups excluding carboxylic acids is 2. The Labute approximate surface area is 267 Å². The summed E-state index contributed by atoms with van der Waals surface area (Å²) in [6, 6.07) is 22.5. The van der Waals surface area contributed by atoms with Gasteiger partial charge in [0.05, 0.1) is 30.8 Å². The lowest BCUT2D eigenvalue weighted by Crippen LogP contribution is -2.37. The van der Waals surface area contributed by atoms with E-state index in [1.54, 1.807) is 23.9 Å². The topological polar surface area (TPSA) is 117 Å². The van der Waals surface area contributed by atoms with E-state index in [0.29, 0.717) is 17.9 Å². The first-order valence-electron chi connectivity index (χ1n) is 15.8. The van der Waals surface area contributed by atoms with Gasteiger partial charge in [-0.15, -0.1) is 0 Å². The lowest BCUT2D eigenvalue weighted by atomic mass is 9.92. The Morgan fingerprint density at radius 2 is 1.67 bits per heavy atom. The summed E-state index contributed by atoms with van der Waals surface area (Å²) in [5.41, 5.74) is 3.43. The lowest BCUT2D eigenvalue weighted by Gasteiger charge is -2.33. The van der Waals surface area contributed by atoms with Crippen molar-refractivity contribution in [1.29, 1.82) is 0 Å². The maximum Gasteiger partial charge on any atom is 0.350 e. The van der Waals surface area contributed by atoms with Gasteiger partial charge in [0.25, 0.3) is 0 Å². The largest absolute Gasteiger partial charge is 0.466 e. The summed E-state index contributed by atoms with van der Waals surface area (Å²) in [5, 5.41) is 7.44. The molecule has 3 aromatic carbocycles. The summed E-state index contributed by atoms with van der Waals surface area (Å²) < 4.78 is 19.1.